The molecular formula is C23H20ClN3O3S2. The van der Waals surface area contributed by atoms with Gasteiger partial charge < -0.3 is 5.32 Å². The number of likely N-dealkylation sites (N-methyl/N-ethyl adjacent to an activating group) is 1. The summed E-state index contributed by atoms with van der Waals surface area (Å²) < 4.78 is 27.4. The number of sulfonamides is 1. The fourth-order valence-electron chi connectivity index (χ4n) is 3.15. The van der Waals surface area contributed by atoms with Gasteiger partial charge in [-0.15, -0.1) is 11.3 Å². The van der Waals surface area contributed by atoms with Gasteiger partial charge in [-0.05, 0) is 54.1 Å². The minimum Gasteiger partial charge on any atom is -0.325 e. The van der Waals surface area contributed by atoms with E-state index >= 15 is 0 Å². The fraction of sp³-hybridized carbons (Fsp3) is 0.130. The van der Waals surface area contributed by atoms with Crippen LogP contribution in [0, 0.1) is 0 Å². The van der Waals surface area contributed by atoms with Crippen molar-refractivity contribution in [1.29, 1.82) is 0 Å². The van der Waals surface area contributed by atoms with Gasteiger partial charge in [0.15, 0.2) is 0 Å². The monoisotopic (exact) mass is 485 g/mol. The van der Waals surface area contributed by atoms with Gasteiger partial charge in [-0.2, -0.15) is 4.31 Å². The number of carbonyl (C=O) groups is 1. The minimum absolute atomic E-state index is 0.0800. The molecule has 32 heavy (non-hydrogen) atoms. The molecule has 6 nitrogen and oxygen atoms in total. The van der Waals surface area contributed by atoms with Crippen LogP contribution in [-0.2, 0) is 21.2 Å². The summed E-state index contributed by atoms with van der Waals surface area (Å²) >= 11 is 7.48. The Bertz CT molecular complexity index is 1320. The number of para-hydroxylation sites is 1. The number of thiazole rings is 1. The molecule has 1 N–H and O–H groups in total. The van der Waals surface area contributed by atoms with E-state index in [9.17, 15) is 13.2 Å². The molecule has 3 aromatic carbocycles. The van der Waals surface area contributed by atoms with Crippen molar-refractivity contribution in [1.82, 2.24) is 9.29 Å². The van der Waals surface area contributed by atoms with Gasteiger partial charge in [-0.1, -0.05) is 35.9 Å². The molecule has 0 bridgehead atoms. The van der Waals surface area contributed by atoms with Gasteiger partial charge in [-0.3, -0.25) is 4.79 Å². The molecule has 4 rings (SSSR count). The smallest absolute Gasteiger partial charge is 0.243 e. The SMILES string of the molecule is CN(CC(=O)Nc1ccc(Cc2nc3ccccc3s2)cc1)S(=O)(=O)c1ccc(Cl)cc1. The van der Waals surface area contributed by atoms with Gasteiger partial charge in [0, 0.05) is 24.2 Å². The van der Waals surface area contributed by atoms with Gasteiger partial charge in [0.05, 0.1) is 26.7 Å². The lowest BCUT2D eigenvalue weighted by molar-refractivity contribution is -0.116. The quantitative estimate of drug-likeness (QED) is 0.408. The van der Waals surface area contributed by atoms with Crippen molar-refractivity contribution in [3.05, 3.63) is 88.4 Å². The summed E-state index contributed by atoms with van der Waals surface area (Å²) in [7, 11) is -2.42. The van der Waals surface area contributed by atoms with E-state index in [0.717, 1.165) is 25.1 Å². The largest absolute Gasteiger partial charge is 0.325 e. The second-order valence-corrected chi connectivity index (χ2v) is 10.8. The fourth-order valence-corrected chi connectivity index (χ4v) is 5.40. The van der Waals surface area contributed by atoms with E-state index in [2.05, 4.69) is 16.4 Å². The average Bonchev–Trinajstić information content (AvgIpc) is 3.17. The lowest BCUT2D eigenvalue weighted by Gasteiger charge is -2.17. The molecule has 0 atom stereocenters. The van der Waals surface area contributed by atoms with Crippen molar-refractivity contribution in [3.8, 4) is 0 Å². The molecule has 0 fully saturated rings. The van der Waals surface area contributed by atoms with E-state index < -0.39 is 15.9 Å². The first kappa shape index (κ1) is 22.4. The Morgan fingerprint density at radius 3 is 2.41 bits per heavy atom. The normalized spacial score (nSPS) is 11.7. The maximum Gasteiger partial charge on any atom is 0.243 e. The zero-order valence-electron chi connectivity index (χ0n) is 17.2. The molecule has 9 heteroatoms. The maximum atomic E-state index is 12.6. The van der Waals surface area contributed by atoms with Crippen molar-refractivity contribution in [2.75, 3.05) is 18.9 Å². The Balaban J connectivity index is 1.36. The first-order valence-electron chi connectivity index (χ1n) is 9.76. The molecule has 1 heterocycles. The Labute approximate surface area is 195 Å². The number of nitrogens with one attached hydrogen (secondary N) is 1. The van der Waals surface area contributed by atoms with Gasteiger partial charge in [0.2, 0.25) is 15.9 Å². The Morgan fingerprint density at radius 2 is 1.72 bits per heavy atom. The van der Waals surface area contributed by atoms with Crippen LogP contribution in [0.15, 0.2) is 77.7 Å². The number of anilines is 1. The molecule has 0 radical (unpaired) electrons. The average molecular weight is 486 g/mol. The van der Waals surface area contributed by atoms with Crippen LogP contribution in [0.2, 0.25) is 5.02 Å². The number of fused-ring (bicyclic) bond motifs is 1. The molecule has 4 aromatic rings. The summed E-state index contributed by atoms with van der Waals surface area (Å²) in [4.78, 5) is 17.1. The number of aromatic nitrogens is 1. The topological polar surface area (TPSA) is 79.4 Å². The molecule has 0 aliphatic rings. The molecule has 0 saturated carbocycles. The van der Waals surface area contributed by atoms with Crippen molar-refractivity contribution in [2.24, 2.45) is 0 Å². The van der Waals surface area contributed by atoms with Crippen LogP contribution >= 0.6 is 22.9 Å². The summed E-state index contributed by atoms with van der Waals surface area (Å²) in [6, 6.07) is 21.3. The van der Waals surface area contributed by atoms with Crippen LogP contribution in [0.1, 0.15) is 10.6 Å². The van der Waals surface area contributed by atoms with Crippen LogP contribution in [0.25, 0.3) is 10.2 Å². The Morgan fingerprint density at radius 1 is 1.03 bits per heavy atom. The van der Waals surface area contributed by atoms with Crippen LogP contribution in [-0.4, -0.2) is 37.2 Å². The lowest BCUT2D eigenvalue weighted by atomic mass is 10.1. The molecule has 0 saturated heterocycles. The van der Waals surface area contributed by atoms with E-state index in [4.69, 9.17) is 11.6 Å². The summed E-state index contributed by atoms with van der Waals surface area (Å²) in [5, 5.41) is 4.20. The third-order valence-electron chi connectivity index (χ3n) is 4.82. The lowest BCUT2D eigenvalue weighted by Crippen LogP contribution is -2.34. The van der Waals surface area contributed by atoms with Crippen LogP contribution in [0.4, 0.5) is 5.69 Å². The van der Waals surface area contributed by atoms with Gasteiger partial charge in [0.25, 0.3) is 0 Å². The predicted molar refractivity (Wildman–Crippen MR) is 129 cm³/mol. The van der Waals surface area contributed by atoms with E-state index in [-0.39, 0.29) is 11.4 Å². The highest BCUT2D eigenvalue weighted by molar-refractivity contribution is 7.89. The highest BCUT2D eigenvalue weighted by atomic mass is 35.5. The summed E-state index contributed by atoms with van der Waals surface area (Å²) in [6.07, 6.45) is 0.704. The molecular weight excluding hydrogens is 466 g/mol. The third kappa shape index (κ3) is 5.16. The summed E-state index contributed by atoms with van der Waals surface area (Å²) in [6.45, 7) is -0.307. The summed E-state index contributed by atoms with van der Waals surface area (Å²) in [5.41, 5.74) is 2.67. The number of amides is 1. The Kier molecular flexibility index (Phi) is 6.57. The third-order valence-corrected chi connectivity index (χ3v) is 7.93. The zero-order chi connectivity index (χ0) is 22.7. The van der Waals surface area contributed by atoms with Crippen molar-refractivity contribution >= 4 is 54.8 Å². The standard InChI is InChI=1S/C23H20ClN3O3S2/c1-27(32(29,30)19-12-8-17(24)9-13-19)15-22(28)25-18-10-6-16(7-11-18)14-23-26-20-4-2-3-5-21(20)31-23/h2-13H,14-15H2,1H3,(H,25,28). The number of carbonyl (C=O) groups excluding carboxylic acids is 1. The molecule has 0 spiro atoms. The first-order valence-corrected chi connectivity index (χ1v) is 12.4. The number of nitrogens with zero attached hydrogens (tertiary/aromatic N) is 2. The highest BCUT2D eigenvalue weighted by Gasteiger charge is 2.23. The summed E-state index contributed by atoms with van der Waals surface area (Å²) in [5.74, 6) is -0.427. The van der Waals surface area contributed by atoms with Gasteiger partial charge in [0.1, 0.15) is 0 Å². The molecule has 164 valence electrons. The molecule has 0 unspecified atom stereocenters. The van der Waals surface area contributed by atoms with Crippen molar-refractivity contribution in [2.45, 2.75) is 11.3 Å². The Hall–Kier alpha value is -2.78. The molecule has 0 aliphatic carbocycles. The molecule has 0 aliphatic heterocycles. The van der Waals surface area contributed by atoms with Crippen molar-refractivity contribution < 1.29 is 13.2 Å². The van der Waals surface area contributed by atoms with E-state index in [1.165, 1.54) is 31.3 Å². The minimum atomic E-state index is -3.79. The van der Waals surface area contributed by atoms with E-state index in [0.29, 0.717) is 17.1 Å². The predicted octanol–water partition coefficient (Wildman–Crippen LogP) is 4.80. The number of halogens is 1. The molecule has 1 amide bonds. The van der Waals surface area contributed by atoms with Gasteiger partial charge in [-0.25, -0.2) is 13.4 Å². The first-order chi connectivity index (χ1) is 15.3. The van der Waals surface area contributed by atoms with Crippen LogP contribution < -0.4 is 5.32 Å². The number of rotatable bonds is 7. The van der Waals surface area contributed by atoms with E-state index in [1.807, 2.05) is 30.3 Å². The van der Waals surface area contributed by atoms with Crippen LogP contribution in [0.3, 0.4) is 0 Å². The van der Waals surface area contributed by atoms with E-state index in [1.54, 1.807) is 23.5 Å². The molecule has 1 aromatic heterocycles. The zero-order valence-corrected chi connectivity index (χ0v) is 19.5. The van der Waals surface area contributed by atoms with Crippen molar-refractivity contribution in [3.63, 3.8) is 0 Å². The second-order valence-electron chi connectivity index (χ2n) is 7.21. The number of hydrogen-bond acceptors (Lipinski definition) is 5. The number of hydrogen-bond donors (Lipinski definition) is 1. The number of benzene rings is 3. The van der Waals surface area contributed by atoms with Gasteiger partial charge >= 0.3 is 0 Å². The maximum absolute atomic E-state index is 12.6. The van der Waals surface area contributed by atoms with Crippen LogP contribution in [0.5, 0.6) is 0 Å². The highest BCUT2D eigenvalue weighted by Crippen LogP contribution is 2.24. The second kappa shape index (κ2) is 9.38.